The van der Waals surface area contributed by atoms with Crippen LogP contribution in [0.3, 0.4) is 0 Å². The molecule has 1 fully saturated rings. The molecule has 0 radical (unpaired) electrons. The molecule has 0 unspecified atom stereocenters. The first-order valence-corrected chi connectivity index (χ1v) is 10.8. The quantitative estimate of drug-likeness (QED) is 0.533. The van der Waals surface area contributed by atoms with Crippen LogP contribution in [0.25, 0.3) is 10.2 Å². The highest BCUT2D eigenvalue weighted by molar-refractivity contribution is 7.20. The van der Waals surface area contributed by atoms with Gasteiger partial charge in [-0.2, -0.15) is 13.2 Å². The van der Waals surface area contributed by atoms with Crippen molar-refractivity contribution in [3.8, 4) is 5.19 Å². The number of rotatable bonds is 3. The molecule has 1 aliphatic rings. The zero-order chi connectivity index (χ0) is 22.2. The van der Waals surface area contributed by atoms with Crippen LogP contribution in [0, 0.1) is 13.8 Å². The summed E-state index contributed by atoms with van der Waals surface area (Å²) in [5.74, 6) is 0. The highest BCUT2D eigenvalue weighted by atomic mass is 32.1. The maximum atomic E-state index is 12.7. The number of amides is 2. The van der Waals surface area contributed by atoms with Crippen LogP contribution in [0.15, 0.2) is 36.4 Å². The van der Waals surface area contributed by atoms with Crippen molar-refractivity contribution in [2.45, 2.75) is 39.0 Å². The molecule has 4 rings (SSSR count). The number of carbonyl (C=O) groups is 1. The number of anilines is 1. The summed E-state index contributed by atoms with van der Waals surface area (Å²) in [5, 5.41) is 3.29. The lowest BCUT2D eigenvalue weighted by molar-refractivity contribution is -0.137. The third-order valence-electron chi connectivity index (χ3n) is 5.38. The van der Waals surface area contributed by atoms with E-state index in [1.165, 1.54) is 29.0 Å². The monoisotopic (exact) mass is 449 g/mol. The number of benzene rings is 2. The predicted molar refractivity (Wildman–Crippen MR) is 115 cm³/mol. The largest absolute Gasteiger partial charge is 0.467 e. The number of carbonyl (C=O) groups excluding carboxylic acids is 1. The number of piperidine rings is 1. The average molecular weight is 449 g/mol. The molecular formula is C22H22F3N3O2S. The van der Waals surface area contributed by atoms with Crippen LogP contribution in [0.5, 0.6) is 5.19 Å². The molecule has 0 bridgehead atoms. The highest BCUT2D eigenvalue weighted by Gasteiger charge is 2.30. The van der Waals surface area contributed by atoms with E-state index in [4.69, 9.17) is 4.74 Å². The van der Waals surface area contributed by atoms with Gasteiger partial charge in [-0.15, -0.1) is 0 Å². The molecule has 0 spiro atoms. The summed E-state index contributed by atoms with van der Waals surface area (Å²) in [5.41, 5.74) is 2.83. The fourth-order valence-electron chi connectivity index (χ4n) is 3.55. The standard InChI is InChI=1S/C22H22F3N3O2S/c1-13-3-4-14(2)19-18(13)27-21(31-19)30-17-9-11-28(12-10-17)20(29)26-16-7-5-15(6-8-16)22(23,24)25/h3-8,17H,9-12H2,1-2H3,(H,26,29). The van der Waals surface area contributed by atoms with E-state index < -0.39 is 11.7 Å². The van der Waals surface area contributed by atoms with Gasteiger partial charge in [0.25, 0.3) is 5.19 Å². The first-order valence-electron chi connectivity index (χ1n) is 9.97. The number of halogens is 3. The summed E-state index contributed by atoms with van der Waals surface area (Å²) in [6.07, 6.45) is -3.11. The van der Waals surface area contributed by atoms with Crippen molar-refractivity contribution in [1.82, 2.24) is 9.88 Å². The fraction of sp³-hybridized carbons (Fsp3) is 0.364. The summed E-state index contributed by atoms with van der Waals surface area (Å²) in [6, 6.07) is 8.22. The molecule has 2 aromatic carbocycles. The Morgan fingerprint density at radius 1 is 1.10 bits per heavy atom. The van der Waals surface area contributed by atoms with Crippen molar-refractivity contribution < 1.29 is 22.7 Å². The van der Waals surface area contributed by atoms with Gasteiger partial charge in [0, 0.05) is 31.6 Å². The number of alkyl halides is 3. The molecule has 2 amide bonds. The summed E-state index contributed by atoms with van der Waals surface area (Å²) in [4.78, 5) is 18.7. The molecule has 31 heavy (non-hydrogen) atoms. The molecule has 0 saturated carbocycles. The van der Waals surface area contributed by atoms with Crippen LogP contribution in [-0.4, -0.2) is 35.1 Å². The van der Waals surface area contributed by atoms with Crippen molar-refractivity contribution in [2.24, 2.45) is 0 Å². The number of aryl methyl sites for hydroxylation is 2. The second-order valence-electron chi connectivity index (χ2n) is 7.67. The maximum absolute atomic E-state index is 12.7. The van der Waals surface area contributed by atoms with E-state index in [1.807, 2.05) is 6.92 Å². The lowest BCUT2D eigenvalue weighted by Gasteiger charge is -2.31. The van der Waals surface area contributed by atoms with E-state index in [0.29, 0.717) is 36.8 Å². The Labute approximate surface area is 181 Å². The average Bonchev–Trinajstić information content (AvgIpc) is 3.16. The number of nitrogens with zero attached hydrogens (tertiary/aromatic N) is 2. The van der Waals surface area contributed by atoms with Gasteiger partial charge >= 0.3 is 12.2 Å². The van der Waals surface area contributed by atoms with Crippen molar-refractivity contribution >= 4 is 33.3 Å². The van der Waals surface area contributed by atoms with Crippen molar-refractivity contribution in [2.75, 3.05) is 18.4 Å². The van der Waals surface area contributed by atoms with E-state index in [2.05, 4.69) is 29.4 Å². The van der Waals surface area contributed by atoms with Gasteiger partial charge in [0.15, 0.2) is 0 Å². The van der Waals surface area contributed by atoms with Gasteiger partial charge in [0.05, 0.1) is 15.8 Å². The minimum atomic E-state index is -4.40. The van der Waals surface area contributed by atoms with Crippen LogP contribution in [0.4, 0.5) is 23.7 Å². The molecule has 0 aliphatic carbocycles. The van der Waals surface area contributed by atoms with Crippen LogP contribution in [0.2, 0.25) is 0 Å². The topological polar surface area (TPSA) is 54.5 Å². The number of hydrogen-bond donors (Lipinski definition) is 1. The van der Waals surface area contributed by atoms with Gasteiger partial charge in [-0.05, 0) is 49.2 Å². The van der Waals surface area contributed by atoms with Gasteiger partial charge in [0.2, 0.25) is 0 Å². The van der Waals surface area contributed by atoms with Crippen molar-refractivity contribution in [3.05, 3.63) is 53.1 Å². The molecule has 1 N–H and O–H groups in total. The second-order valence-corrected chi connectivity index (χ2v) is 8.63. The molecule has 1 aliphatic heterocycles. The van der Waals surface area contributed by atoms with E-state index in [9.17, 15) is 18.0 Å². The second kappa shape index (κ2) is 8.37. The molecule has 9 heteroatoms. The first-order chi connectivity index (χ1) is 14.7. The van der Waals surface area contributed by atoms with E-state index in [1.54, 1.807) is 4.90 Å². The smallest absolute Gasteiger partial charge is 0.416 e. The minimum Gasteiger partial charge on any atom is -0.467 e. The lowest BCUT2D eigenvalue weighted by Crippen LogP contribution is -2.43. The molecular weight excluding hydrogens is 427 g/mol. The van der Waals surface area contributed by atoms with E-state index in [-0.39, 0.29) is 12.1 Å². The number of fused-ring (bicyclic) bond motifs is 1. The third-order valence-corrected chi connectivity index (χ3v) is 6.46. The predicted octanol–water partition coefficient (Wildman–Crippen LogP) is 6.01. The van der Waals surface area contributed by atoms with Gasteiger partial charge in [-0.1, -0.05) is 23.5 Å². The molecule has 0 atom stereocenters. The molecule has 5 nitrogen and oxygen atoms in total. The Morgan fingerprint density at radius 3 is 2.35 bits per heavy atom. The first kappa shape index (κ1) is 21.4. The van der Waals surface area contributed by atoms with Crippen molar-refractivity contribution in [1.29, 1.82) is 0 Å². The fourth-order valence-corrected chi connectivity index (χ4v) is 4.58. The van der Waals surface area contributed by atoms with Gasteiger partial charge in [0.1, 0.15) is 6.10 Å². The number of ether oxygens (including phenoxy) is 1. The van der Waals surface area contributed by atoms with Crippen LogP contribution >= 0.6 is 11.3 Å². The van der Waals surface area contributed by atoms with Crippen LogP contribution in [0.1, 0.15) is 29.5 Å². The van der Waals surface area contributed by atoms with Gasteiger partial charge in [-0.3, -0.25) is 0 Å². The number of urea groups is 1. The number of hydrogen-bond acceptors (Lipinski definition) is 4. The maximum Gasteiger partial charge on any atom is 0.416 e. The summed E-state index contributed by atoms with van der Waals surface area (Å²) in [7, 11) is 0. The zero-order valence-corrected chi connectivity index (χ0v) is 17.9. The third kappa shape index (κ3) is 4.76. The van der Waals surface area contributed by atoms with Gasteiger partial charge in [-0.25, -0.2) is 9.78 Å². The lowest BCUT2D eigenvalue weighted by atomic mass is 10.1. The number of nitrogens with one attached hydrogen (secondary N) is 1. The Balaban J connectivity index is 1.32. The summed E-state index contributed by atoms with van der Waals surface area (Å²) >= 11 is 1.54. The highest BCUT2D eigenvalue weighted by Crippen LogP contribution is 2.34. The van der Waals surface area contributed by atoms with E-state index >= 15 is 0 Å². The molecule has 164 valence electrons. The summed E-state index contributed by atoms with van der Waals surface area (Å²) in [6.45, 7) is 5.08. The number of thiazole rings is 1. The molecule has 2 heterocycles. The zero-order valence-electron chi connectivity index (χ0n) is 17.1. The van der Waals surface area contributed by atoms with Gasteiger partial charge < -0.3 is 15.0 Å². The Bertz CT molecular complexity index is 1050. The molecule has 1 aromatic heterocycles. The minimum absolute atomic E-state index is 0.0312. The normalized spacial score (nSPS) is 15.3. The summed E-state index contributed by atoms with van der Waals surface area (Å²) < 4.78 is 45.2. The SMILES string of the molecule is Cc1ccc(C)c2sc(OC3CCN(C(=O)Nc4ccc(C(F)(F)F)cc4)CC3)nc12. The van der Waals surface area contributed by atoms with E-state index in [0.717, 1.165) is 27.9 Å². The molecule has 3 aromatic rings. The molecule has 1 saturated heterocycles. The number of aromatic nitrogens is 1. The number of likely N-dealkylation sites (tertiary alicyclic amines) is 1. The van der Waals surface area contributed by atoms with Crippen molar-refractivity contribution in [3.63, 3.8) is 0 Å². The Morgan fingerprint density at radius 2 is 1.74 bits per heavy atom. The Hall–Kier alpha value is -2.81. The Kier molecular flexibility index (Phi) is 5.79. The van der Waals surface area contributed by atoms with Crippen LogP contribution < -0.4 is 10.1 Å². The van der Waals surface area contributed by atoms with Crippen LogP contribution in [-0.2, 0) is 6.18 Å².